The Hall–Kier alpha value is -2.66. The summed E-state index contributed by atoms with van der Waals surface area (Å²) >= 11 is 1.67. The van der Waals surface area contributed by atoms with Crippen LogP contribution < -0.4 is 9.64 Å². The van der Waals surface area contributed by atoms with E-state index >= 15 is 0 Å². The summed E-state index contributed by atoms with van der Waals surface area (Å²) in [5, 5.41) is 3.17. The molecule has 0 aliphatic carbocycles. The van der Waals surface area contributed by atoms with Gasteiger partial charge >= 0.3 is 0 Å². The van der Waals surface area contributed by atoms with Crippen LogP contribution >= 0.6 is 11.3 Å². The number of amides is 1. The Balaban J connectivity index is 1.61. The van der Waals surface area contributed by atoms with Crippen LogP contribution in [0.15, 0.2) is 53.9 Å². The summed E-state index contributed by atoms with van der Waals surface area (Å²) in [5.74, 6) is 1.33. The highest BCUT2D eigenvalue weighted by atomic mass is 32.1. The lowest BCUT2D eigenvalue weighted by molar-refractivity contribution is -0.125. The van der Waals surface area contributed by atoms with Gasteiger partial charge in [-0.1, -0.05) is 44.2 Å². The number of thiazole rings is 1. The molecule has 4 nitrogen and oxygen atoms in total. The highest BCUT2D eigenvalue weighted by Gasteiger charge is 2.31. The molecular weight excluding hydrogens is 380 g/mol. The molecule has 0 N–H and O–H groups in total. The van der Waals surface area contributed by atoms with Crippen LogP contribution in [-0.2, 0) is 11.2 Å². The van der Waals surface area contributed by atoms with Crippen LogP contribution in [0.2, 0.25) is 0 Å². The lowest BCUT2D eigenvalue weighted by atomic mass is 10.1. The summed E-state index contributed by atoms with van der Waals surface area (Å²) in [7, 11) is 0. The van der Waals surface area contributed by atoms with Crippen molar-refractivity contribution in [3.63, 3.8) is 0 Å². The zero-order valence-corrected chi connectivity index (χ0v) is 17.9. The highest BCUT2D eigenvalue weighted by molar-refractivity contribution is 7.10. The fourth-order valence-electron chi connectivity index (χ4n) is 3.48. The van der Waals surface area contributed by atoms with Gasteiger partial charge in [-0.2, -0.15) is 0 Å². The van der Waals surface area contributed by atoms with Crippen LogP contribution in [0.5, 0.6) is 5.75 Å². The molecule has 1 aliphatic rings. The molecule has 4 rings (SSSR count). The number of nitrogens with zero attached hydrogens (tertiary/aromatic N) is 2. The Morgan fingerprint density at radius 2 is 1.97 bits per heavy atom. The van der Waals surface area contributed by atoms with Crippen molar-refractivity contribution < 1.29 is 9.53 Å². The van der Waals surface area contributed by atoms with Crippen LogP contribution in [0.3, 0.4) is 0 Å². The molecule has 3 aromatic rings. The molecule has 0 radical (unpaired) electrons. The van der Waals surface area contributed by atoms with E-state index < -0.39 is 6.10 Å². The van der Waals surface area contributed by atoms with Crippen molar-refractivity contribution in [3.05, 3.63) is 64.5 Å². The van der Waals surface area contributed by atoms with Crippen molar-refractivity contribution in [2.45, 2.75) is 39.7 Å². The minimum atomic E-state index is -0.447. The molecule has 0 saturated heterocycles. The molecule has 150 valence electrons. The number of benzene rings is 2. The summed E-state index contributed by atoms with van der Waals surface area (Å²) < 4.78 is 5.85. The molecule has 2 heterocycles. The maximum atomic E-state index is 12.7. The van der Waals surface area contributed by atoms with Gasteiger partial charge in [0.05, 0.1) is 16.4 Å². The topological polar surface area (TPSA) is 42.4 Å². The first-order chi connectivity index (χ1) is 14.0. The maximum absolute atomic E-state index is 12.7. The minimum absolute atomic E-state index is 0.0262. The van der Waals surface area contributed by atoms with E-state index in [9.17, 15) is 4.79 Å². The third-order valence-electron chi connectivity index (χ3n) is 5.14. The Morgan fingerprint density at radius 1 is 1.17 bits per heavy atom. The molecule has 0 bridgehead atoms. The fraction of sp³-hybridized carbons (Fsp3) is 0.333. The van der Waals surface area contributed by atoms with Gasteiger partial charge in [-0.15, -0.1) is 11.3 Å². The first-order valence-corrected chi connectivity index (χ1v) is 11.0. The molecular formula is C24H26N2O2S. The van der Waals surface area contributed by atoms with Crippen LogP contribution in [-0.4, -0.2) is 23.5 Å². The van der Waals surface area contributed by atoms with Gasteiger partial charge in [-0.05, 0) is 43.0 Å². The average molecular weight is 407 g/mol. The number of carbonyl (C=O) groups excluding carboxylic acids is 1. The van der Waals surface area contributed by atoms with Gasteiger partial charge in [-0.25, -0.2) is 4.98 Å². The normalized spacial score (nSPS) is 16.1. The van der Waals surface area contributed by atoms with Crippen molar-refractivity contribution in [1.29, 1.82) is 0 Å². The molecule has 1 unspecified atom stereocenters. The van der Waals surface area contributed by atoms with E-state index in [-0.39, 0.29) is 5.91 Å². The van der Waals surface area contributed by atoms with Gasteiger partial charge in [0.25, 0.3) is 5.91 Å². The molecule has 1 amide bonds. The number of fused-ring (bicyclic) bond motifs is 1. The van der Waals surface area contributed by atoms with E-state index in [1.54, 1.807) is 11.3 Å². The largest absolute Gasteiger partial charge is 0.479 e. The zero-order valence-electron chi connectivity index (χ0n) is 17.1. The summed E-state index contributed by atoms with van der Waals surface area (Å²) in [6.45, 7) is 6.87. The third kappa shape index (κ3) is 4.35. The van der Waals surface area contributed by atoms with E-state index in [1.807, 2.05) is 36.1 Å². The molecule has 0 fully saturated rings. The Labute approximate surface area is 176 Å². The first-order valence-electron chi connectivity index (χ1n) is 10.1. The number of ether oxygens (including phenoxy) is 1. The maximum Gasteiger partial charge on any atom is 0.267 e. The smallest absolute Gasteiger partial charge is 0.267 e. The SMILES string of the molecule is CC(C)CCN1C(=O)C(C)Oc2ccc(-c3csc(Cc4ccccc4)n3)cc21. The number of rotatable bonds is 6. The molecule has 29 heavy (non-hydrogen) atoms. The van der Waals surface area contributed by atoms with Gasteiger partial charge < -0.3 is 9.64 Å². The van der Waals surface area contributed by atoms with Crippen LogP contribution in [0.1, 0.15) is 37.8 Å². The van der Waals surface area contributed by atoms with Gasteiger partial charge in [0.1, 0.15) is 5.75 Å². The molecule has 5 heteroatoms. The third-order valence-corrected chi connectivity index (χ3v) is 5.99. The summed E-state index contributed by atoms with van der Waals surface area (Å²) in [5.41, 5.74) is 4.06. The molecule has 1 atom stereocenters. The Morgan fingerprint density at radius 3 is 2.72 bits per heavy atom. The van der Waals surface area contributed by atoms with E-state index in [0.29, 0.717) is 12.5 Å². The highest BCUT2D eigenvalue weighted by Crippen LogP contribution is 2.38. The van der Waals surface area contributed by atoms with Crippen LogP contribution in [0.25, 0.3) is 11.3 Å². The summed E-state index contributed by atoms with van der Waals surface area (Å²) in [6, 6.07) is 16.4. The molecule has 1 aromatic heterocycles. The fourth-order valence-corrected chi connectivity index (χ4v) is 4.32. The Bertz CT molecular complexity index is 997. The monoisotopic (exact) mass is 406 g/mol. The van der Waals surface area contributed by atoms with Crippen molar-refractivity contribution in [2.24, 2.45) is 5.92 Å². The van der Waals surface area contributed by atoms with Crippen LogP contribution in [0, 0.1) is 5.92 Å². The molecule has 0 saturated carbocycles. The van der Waals surface area contributed by atoms with Gasteiger partial charge in [0, 0.05) is 23.9 Å². The van der Waals surface area contributed by atoms with Gasteiger partial charge in [-0.3, -0.25) is 4.79 Å². The standard InChI is InChI=1S/C24H26N2O2S/c1-16(2)11-12-26-21-14-19(9-10-22(21)28-17(3)24(26)27)20-15-29-23(25-20)13-18-7-5-4-6-8-18/h4-10,14-17H,11-13H2,1-3H3. The van der Waals surface area contributed by atoms with E-state index in [0.717, 1.165) is 40.5 Å². The zero-order chi connectivity index (χ0) is 20.4. The second kappa shape index (κ2) is 8.37. The second-order valence-electron chi connectivity index (χ2n) is 7.90. The molecule has 2 aromatic carbocycles. The second-order valence-corrected chi connectivity index (χ2v) is 8.85. The van der Waals surface area contributed by atoms with Crippen molar-refractivity contribution >= 4 is 22.9 Å². The quantitative estimate of drug-likeness (QED) is 0.538. The minimum Gasteiger partial charge on any atom is -0.479 e. The number of aromatic nitrogens is 1. The number of hydrogen-bond acceptors (Lipinski definition) is 4. The van der Waals surface area contributed by atoms with Crippen molar-refractivity contribution in [2.75, 3.05) is 11.4 Å². The summed E-state index contributed by atoms with van der Waals surface area (Å²) in [4.78, 5) is 19.5. The van der Waals surface area contributed by atoms with Crippen LogP contribution in [0.4, 0.5) is 5.69 Å². The van der Waals surface area contributed by atoms with E-state index in [2.05, 4.69) is 43.5 Å². The van der Waals surface area contributed by atoms with E-state index in [1.165, 1.54) is 5.56 Å². The average Bonchev–Trinajstić information content (AvgIpc) is 3.17. The van der Waals surface area contributed by atoms with Crippen molar-refractivity contribution in [3.8, 4) is 17.0 Å². The Kier molecular flexibility index (Phi) is 5.67. The predicted octanol–water partition coefficient (Wildman–Crippen LogP) is 5.56. The van der Waals surface area contributed by atoms with Crippen molar-refractivity contribution in [1.82, 2.24) is 4.98 Å². The number of anilines is 1. The first kappa shape index (κ1) is 19.6. The number of carbonyl (C=O) groups is 1. The van der Waals surface area contributed by atoms with E-state index in [4.69, 9.17) is 9.72 Å². The van der Waals surface area contributed by atoms with Gasteiger partial charge in [0.15, 0.2) is 6.10 Å². The lowest BCUT2D eigenvalue weighted by Crippen LogP contribution is -2.45. The number of hydrogen-bond donors (Lipinski definition) is 0. The molecule has 0 spiro atoms. The molecule has 1 aliphatic heterocycles. The lowest BCUT2D eigenvalue weighted by Gasteiger charge is -2.33. The van der Waals surface area contributed by atoms with Gasteiger partial charge in [0.2, 0.25) is 0 Å². The predicted molar refractivity (Wildman–Crippen MR) is 119 cm³/mol. The summed E-state index contributed by atoms with van der Waals surface area (Å²) in [6.07, 6.45) is 1.34.